The zero-order valence-electron chi connectivity index (χ0n) is 11.2. The molecular weight excluding hydrogens is 325 g/mol. The van der Waals surface area contributed by atoms with Crippen LogP contribution in [0.4, 0.5) is 13.2 Å². The van der Waals surface area contributed by atoms with Crippen molar-refractivity contribution in [3.05, 3.63) is 29.8 Å². The third-order valence-corrected chi connectivity index (χ3v) is 4.64. The highest BCUT2D eigenvalue weighted by atomic mass is 32.2. The summed E-state index contributed by atoms with van der Waals surface area (Å²) in [6, 6.07) is 5.62. The van der Waals surface area contributed by atoms with Crippen LogP contribution >= 0.6 is 12.2 Å². The fourth-order valence-electron chi connectivity index (χ4n) is 1.61. The maximum Gasteiger partial charge on any atom is 0.401 e. The zero-order valence-corrected chi connectivity index (χ0v) is 12.9. The number of hydrogen-bond donors (Lipinski definition) is 1. The fraction of sp³-hybridized carbons (Fsp3) is 0.417. The van der Waals surface area contributed by atoms with Crippen LogP contribution in [0, 0.1) is 0 Å². The van der Waals surface area contributed by atoms with Crippen molar-refractivity contribution >= 4 is 27.0 Å². The Hall–Kier alpha value is -1.19. The first-order valence-electron chi connectivity index (χ1n) is 5.89. The second-order valence-corrected chi connectivity index (χ2v) is 7.11. The van der Waals surface area contributed by atoms with Gasteiger partial charge in [0.2, 0.25) is 0 Å². The minimum atomic E-state index is -4.35. The highest BCUT2D eigenvalue weighted by Crippen LogP contribution is 2.16. The van der Waals surface area contributed by atoms with Gasteiger partial charge in [0.1, 0.15) is 4.99 Å². The van der Waals surface area contributed by atoms with E-state index in [4.69, 9.17) is 18.0 Å². The molecule has 0 amide bonds. The molecule has 4 nitrogen and oxygen atoms in total. The summed E-state index contributed by atoms with van der Waals surface area (Å²) >= 11 is 4.75. The second kappa shape index (κ2) is 6.71. The predicted octanol–water partition coefficient (Wildman–Crippen LogP) is 1.59. The van der Waals surface area contributed by atoms with E-state index in [1.807, 2.05) is 0 Å². The summed E-state index contributed by atoms with van der Waals surface area (Å²) in [6.07, 6.45) is -4.35. The molecule has 0 radical (unpaired) electrons. The lowest BCUT2D eigenvalue weighted by atomic mass is 10.2. The molecule has 0 saturated heterocycles. The van der Waals surface area contributed by atoms with Gasteiger partial charge in [0.15, 0.2) is 9.84 Å². The second-order valence-electron chi connectivity index (χ2n) is 4.56. The molecule has 0 aromatic heterocycles. The third kappa shape index (κ3) is 5.98. The topological polar surface area (TPSA) is 63.4 Å². The van der Waals surface area contributed by atoms with Crippen molar-refractivity contribution in [2.24, 2.45) is 5.73 Å². The molecule has 1 rings (SSSR count). The van der Waals surface area contributed by atoms with Gasteiger partial charge in [-0.3, -0.25) is 4.90 Å². The average molecular weight is 340 g/mol. The number of nitrogens with zero attached hydrogens (tertiary/aromatic N) is 1. The van der Waals surface area contributed by atoms with Crippen LogP contribution in [0.3, 0.4) is 0 Å². The fourth-order valence-corrected chi connectivity index (χ4v) is 3.08. The van der Waals surface area contributed by atoms with Gasteiger partial charge in [0, 0.05) is 12.1 Å². The van der Waals surface area contributed by atoms with Gasteiger partial charge in [-0.2, -0.15) is 13.2 Å². The van der Waals surface area contributed by atoms with Crippen molar-refractivity contribution in [3.8, 4) is 0 Å². The Bertz CT molecular complexity index is 598. The summed E-state index contributed by atoms with van der Waals surface area (Å²) in [6.45, 7) is -1.36. The van der Waals surface area contributed by atoms with Crippen molar-refractivity contribution in [2.45, 2.75) is 11.1 Å². The van der Waals surface area contributed by atoms with Crippen LogP contribution < -0.4 is 5.73 Å². The standard InChI is InChI=1S/C12H15F3N2O2S2/c1-17(8-12(13,14)15)6-7-21(18,19)10-4-2-9(3-5-10)11(16)20/h2-5H,6-8H2,1H3,(H2,16,20). The zero-order chi connectivity index (χ0) is 16.3. The predicted molar refractivity (Wildman–Crippen MR) is 77.9 cm³/mol. The van der Waals surface area contributed by atoms with E-state index in [-0.39, 0.29) is 16.4 Å². The molecule has 1 aromatic rings. The van der Waals surface area contributed by atoms with Crippen LogP contribution in [0.5, 0.6) is 0 Å². The molecule has 0 spiro atoms. The summed E-state index contributed by atoms with van der Waals surface area (Å²) in [5.74, 6) is -0.397. The van der Waals surface area contributed by atoms with Crippen molar-refractivity contribution in [3.63, 3.8) is 0 Å². The monoisotopic (exact) mass is 340 g/mol. The molecular formula is C12H15F3N2O2S2. The van der Waals surface area contributed by atoms with E-state index in [1.165, 1.54) is 31.3 Å². The molecule has 0 aliphatic carbocycles. The van der Waals surface area contributed by atoms with E-state index in [2.05, 4.69) is 0 Å². The normalized spacial score (nSPS) is 12.6. The maximum absolute atomic E-state index is 12.2. The molecule has 0 saturated carbocycles. The molecule has 9 heteroatoms. The van der Waals surface area contributed by atoms with E-state index in [0.717, 1.165) is 4.90 Å². The molecule has 0 fully saturated rings. The minimum Gasteiger partial charge on any atom is -0.389 e. The van der Waals surface area contributed by atoms with Gasteiger partial charge in [-0.25, -0.2) is 8.42 Å². The van der Waals surface area contributed by atoms with Crippen molar-refractivity contribution in [2.75, 3.05) is 25.9 Å². The number of nitrogens with two attached hydrogens (primary N) is 1. The summed E-state index contributed by atoms with van der Waals surface area (Å²) in [5, 5.41) is 0. The first-order valence-corrected chi connectivity index (χ1v) is 7.95. The van der Waals surface area contributed by atoms with Crippen LogP contribution in [-0.2, 0) is 9.84 Å². The molecule has 0 bridgehead atoms. The van der Waals surface area contributed by atoms with Crippen LogP contribution in [0.2, 0.25) is 0 Å². The highest BCUT2D eigenvalue weighted by Gasteiger charge is 2.29. The summed E-state index contributed by atoms with van der Waals surface area (Å²) in [5.41, 5.74) is 5.92. The molecule has 1 aromatic carbocycles. The van der Waals surface area contributed by atoms with Crippen LogP contribution in [0.25, 0.3) is 0 Å². The van der Waals surface area contributed by atoms with Crippen molar-refractivity contribution in [1.82, 2.24) is 4.90 Å². The number of alkyl halides is 3. The number of halogens is 3. The summed E-state index contributed by atoms with van der Waals surface area (Å²) in [7, 11) is -2.43. The Morgan fingerprint density at radius 3 is 2.24 bits per heavy atom. The van der Waals surface area contributed by atoms with E-state index in [0.29, 0.717) is 5.56 Å². The van der Waals surface area contributed by atoms with Gasteiger partial charge in [-0.05, 0) is 19.2 Å². The third-order valence-electron chi connectivity index (χ3n) is 2.69. The summed E-state index contributed by atoms with van der Waals surface area (Å²) in [4.78, 5) is 1.09. The van der Waals surface area contributed by atoms with E-state index in [9.17, 15) is 21.6 Å². The first kappa shape index (κ1) is 17.9. The van der Waals surface area contributed by atoms with Crippen LogP contribution in [0.15, 0.2) is 29.2 Å². The maximum atomic E-state index is 12.2. The van der Waals surface area contributed by atoms with Crippen LogP contribution in [-0.4, -0.2) is 50.4 Å². The van der Waals surface area contributed by atoms with Crippen LogP contribution in [0.1, 0.15) is 5.56 Å². The van der Waals surface area contributed by atoms with Gasteiger partial charge in [-0.1, -0.05) is 24.4 Å². The molecule has 21 heavy (non-hydrogen) atoms. The van der Waals surface area contributed by atoms with Crippen molar-refractivity contribution in [1.29, 1.82) is 0 Å². The smallest absolute Gasteiger partial charge is 0.389 e. The van der Waals surface area contributed by atoms with Gasteiger partial charge < -0.3 is 5.73 Å². The SMILES string of the molecule is CN(CCS(=O)(=O)c1ccc(C(N)=S)cc1)CC(F)(F)F. The minimum absolute atomic E-state index is 0.0305. The lowest BCUT2D eigenvalue weighted by Crippen LogP contribution is -2.34. The number of thiocarbonyl (C=S) groups is 1. The Kier molecular flexibility index (Phi) is 5.71. The molecule has 0 heterocycles. The Morgan fingerprint density at radius 1 is 1.29 bits per heavy atom. The van der Waals surface area contributed by atoms with E-state index < -0.39 is 28.3 Å². The molecule has 0 aliphatic heterocycles. The molecule has 2 N–H and O–H groups in total. The number of benzene rings is 1. The highest BCUT2D eigenvalue weighted by molar-refractivity contribution is 7.91. The number of hydrogen-bond acceptors (Lipinski definition) is 4. The quantitative estimate of drug-likeness (QED) is 0.797. The molecule has 118 valence electrons. The number of rotatable bonds is 6. The van der Waals surface area contributed by atoms with E-state index >= 15 is 0 Å². The van der Waals surface area contributed by atoms with Gasteiger partial charge in [0.05, 0.1) is 17.2 Å². The molecule has 0 aliphatic rings. The first-order chi connectivity index (χ1) is 9.51. The Labute approximate surface area is 126 Å². The lowest BCUT2D eigenvalue weighted by molar-refractivity contribution is -0.142. The van der Waals surface area contributed by atoms with E-state index in [1.54, 1.807) is 0 Å². The van der Waals surface area contributed by atoms with Crippen molar-refractivity contribution < 1.29 is 21.6 Å². The molecule has 0 atom stereocenters. The van der Waals surface area contributed by atoms with Gasteiger partial charge >= 0.3 is 6.18 Å². The lowest BCUT2D eigenvalue weighted by Gasteiger charge is -2.18. The Balaban J connectivity index is 2.71. The molecule has 0 unspecified atom stereocenters. The average Bonchev–Trinajstić information content (AvgIpc) is 2.34. The van der Waals surface area contributed by atoms with Gasteiger partial charge in [0.25, 0.3) is 0 Å². The Morgan fingerprint density at radius 2 is 1.81 bits per heavy atom. The largest absolute Gasteiger partial charge is 0.401 e. The summed E-state index contributed by atoms with van der Waals surface area (Å²) < 4.78 is 60.5. The van der Waals surface area contributed by atoms with Gasteiger partial charge in [-0.15, -0.1) is 0 Å². The number of sulfone groups is 1.